The van der Waals surface area contributed by atoms with Crippen molar-refractivity contribution in [2.45, 2.75) is 25.0 Å². The fourth-order valence-electron chi connectivity index (χ4n) is 2.45. The van der Waals surface area contributed by atoms with Gasteiger partial charge in [0.05, 0.1) is 0 Å². The van der Waals surface area contributed by atoms with E-state index in [0.717, 1.165) is 11.1 Å². The Morgan fingerprint density at radius 3 is 2.16 bits per heavy atom. The summed E-state index contributed by atoms with van der Waals surface area (Å²) in [6.07, 6.45) is 2.31. The van der Waals surface area contributed by atoms with Crippen LogP contribution in [0.3, 0.4) is 0 Å². The van der Waals surface area contributed by atoms with Crippen molar-refractivity contribution in [3.05, 3.63) is 65.5 Å². The summed E-state index contributed by atoms with van der Waals surface area (Å²) in [5, 5.41) is 6.56. The van der Waals surface area contributed by atoms with Gasteiger partial charge >= 0.3 is 15.2 Å². The maximum Gasteiger partial charge on any atom is 0.369 e. The molecule has 25 heavy (non-hydrogen) atoms. The molecule has 1 heterocycles. The first-order chi connectivity index (χ1) is 11.4. The lowest BCUT2D eigenvalue weighted by Gasteiger charge is -2.28. The van der Waals surface area contributed by atoms with E-state index in [2.05, 4.69) is 0 Å². The summed E-state index contributed by atoms with van der Waals surface area (Å²) in [6, 6.07) is 10.7. The molecule has 0 fully saturated rings. The third-order valence-electron chi connectivity index (χ3n) is 3.74. The van der Waals surface area contributed by atoms with E-state index in [4.69, 9.17) is 0 Å². The summed E-state index contributed by atoms with van der Waals surface area (Å²) in [4.78, 5) is 36.9. The van der Waals surface area contributed by atoms with Gasteiger partial charge in [0.15, 0.2) is 18.9 Å². The van der Waals surface area contributed by atoms with Gasteiger partial charge in [-0.15, -0.1) is 0 Å². The van der Waals surface area contributed by atoms with Crippen LogP contribution in [0.1, 0.15) is 16.7 Å². The number of hydrogen-bond acceptors (Lipinski definition) is 3. The van der Waals surface area contributed by atoms with Crippen molar-refractivity contribution in [2.75, 3.05) is 0 Å². The second-order valence-corrected chi connectivity index (χ2v) is 9.92. The zero-order chi connectivity index (χ0) is 18.9. The van der Waals surface area contributed by atoms with Crippen LogP contribution in [0.15, 0.2) is 48.8 Å². The molecular weight excluding hydrogens is 368 g/mol. The molecule has 0 aliphatic heterocycles. The van der Waals surface area contributed by atoms with Crippen LogP contribution < -0.4 is 4.57 Å². The highest BCUT2D eigenvalue weighted by atomic mass is 31.2. The Morgan fingerprint density at radius 2 is 1.60 bits per heavy atom. The van der Waals surface area contributed by atoms with Crippen LogP contribution in [0.2, 0.25) is 0 Å². The lowest BCUT2D eigenvalue weighted by molar-refractivity contribution is -0.688. The Kier molecular flexibility index (Phi) is 5.66. The van der Waals surface area contributed by atoms with E-state index in [1.807, 2.05) is 31.2 Å². The van der Waals surface area contributed by atoms with Gasteiger partial charge in [0.1, 0.15) is 0 Å². The summed E-state index contributed by atoms with van der Waals surface area (Å²) in [6.45, 7) is 2.41. The SMILES string of the molecule is Cc1cccc(C[n+]2cccc(CC(O)(P(=O)(O)O)P(=O)(O)O)c2)c1. The summed E-state index contributed by atoms with van der Waals surface area (Å²) in [5.41, 5.74) is 2.25. The molecule has 0 spiro atoms. The predicted molar refractivity (Wildman–Crippen MR) is 89.7 cm³/mol. The largest absolute Gasteiger partial charge is 0.369 e. The minimum Gasteiger partial charge on any atom is -0.367 e. The molecule has 1 aromatic carbocycles. The minimum atomic E-state index is -5.48. The van der Waals surface area contributed by atoms with Crippen LogP contribution in [-0.4, -0.2) is 29.8 Å². The van der Waals surface area contributed by atoms with E-state index < -0.39 is 26.7 Å². The van der Waals surface area contributed by atoms with Gasteiger partial charge in [-0.1, -0.05) is 23.8 Å². The lowest BCUT2D eigenvalue weighted by atomic mass is 10.1. The van der Waals surface area contributed by atoms with Crippen molar-refractivity contribution in [2.24, 2.45) is 0 Å². The molecule has 2 rings (SSSR count). The van der Waals surface area contributed by atoms with Gasteiger partial charge in [-0.3, -0.25) is 9.13 Å². The average molecular weight is 388 g/mol. The Balaban J connectivity index is 2.32. The Hall–Kier alpha value is -1.37. The number of rotatable bonds is 6. The topological polar surface area (TPSA) is 139 Å². The summed E-state index contributed by atoms with van der Waals surface area (Å²) < 4.78 is 24.6. The van der Waals surface area contributed by atoms with Crippen LogP contribution in [0.25, 0.3) is 0 Å². The zero-order valence-electron chi connectivity index (χ0n) is 13.4. The molecule has 8 nitrogen and oxygen atoms in total. The smallest absolute Gasteiger partial charge is 0.367 e. The molecule has 1 aromatic heterocycles. The van der Waals surface area contributed by atoms with Crippen LogP contribution in [-0.2, 0) is 22.1 Å². The average Bonchev–Trinajstić information content (AvgIpc) is 2.45. The molecule has 0 bridgehead atoms. The third kappa shape index (κ3) is 4.63. The number of hydrogen-bond donors (Lipinski definition) is 5. The highest BCUT2D eigenvalue weighted by molar-refractivity contribution is 7.72. The van der Waals surface area contributed by atoms with E-state index in [1.54, 1.807) is 16.8 Å². The second-order valence-electron chi connectivity index (χ2n) is 5.91. The second kappa shape index (κ2) is 7.09. The Morgan fingerprint density at radius 1 is 1.00 bits per heavy atom. The maximum absolute atomic E-state index is 11.5. The summed E-state index contributed by atoms with van der Waals surface area (Å²) in [7, 11) is -11.0. The van der Waals surface area contributed by atoms with E-state index in [9.17, 15) is 33.8 Å². The first-order valence-corrected chi connectivity index (χ1v) is 10.5. The van der Waals surface area contributed by atoms with Gasteiger partial charge in [0.2, 0.25) is 0 Å². The standard InChI is InChI=1S/C15H19NO7P2/c1-12-4-2-5-13(8-12)10-16-7-3-6-14(11-16)9-15(17,24(18,19)20)25(21,22)23/h2-8,11,17H,9-10H2,1H3,(H3-,18,19,20,21,22,23)/p+1. The molecule has 0 unspecified atom stereocenters. The monoisotopic (exact) mass is 388 g/mol. The van der Waals surface area contributed by atoms with Crippen LogP contribution in [0.4, 0.5) is 0 Å². The molecule has 0 radical (unpaired) electrons. The molecule has 2 aromatic rings. The third-order valence-corrected chi connectivity index (χ3v) is 7.49. The normalized spacial score (nSPS) is 13.0. The molecule has 0 amide bonds. The number of aromatic nitrogens is 1. The fourth-order valence-corrected chi connectivity index (χ4v) is 4.58. The summed E-state index contributed by atoms with van der Waals surface area (Å²) >= 11 is 0. The van der Waals surface area contributed by atoms with E-state index in [1.165, 1.54) is 12.3 Å². The van der Waals surface area contributed by atoms with Crippen molar-refractivity contribution in [1.29, 1.82) is 0 Å². The van der Waals surface area contributed by atoms with Gasteiger partial charge in [-0.05, 0) is 19.1 Å². The van der Waals surface area contributed by atoms with Crippen molar-refractivity contribution in [3.8, 4) is 0 Å². The quantitative estimate of drug-likeness (QED) is 0.366. The van der Waals surface area contributed by atoms with E-state index >= 15 is 0 Å². The highest BCUT2D eigenvalue weighted by Crippen LogP contribution is 2.68. The van der Waals surface area contributed by atoms with Crippen LogP contribution in [0, 0.1) is 6.92 Å². The van der Waals surface area contributed by atoms with Crippen molar-refractivity contribution in [3.63, 3.8) is 0 Å². The minimum absolute atomic E-state index is 0.185. The van der Waals surface area contributed by atoms with E-state index in [-0.39, 0.29) is 5.56 Å². The first kappa shape index (κ1) is 19.9. The fraction of sp³-hybridized carbons (Fsp3) is 0.267. The van der Waals surface area contributed by atoms with E-state index in [0.29, 0.717) is 6.54 Å². The zero-order valence-corrected chi connectivity index (χ0v) is 15.2. The van der Waals surface area contributed by atoms with Gasteiger partial charge < -0.3 is 24.7 Å². The number of benzene rings is 1. The number of pyridine rings is 1. The summed E-state index contributed by atoms with van der Waals surface area (Å²) in [5.74, 6) is 0. The molecule has 0 aliphatic rings. The molecule has 0 atom stereocenters. The maximum atomic E-state index is 11.5. The lowest BCUT2D eigenvalue weighted by Crippen LogP contribution is -2.36. The van der Waals surface area contributed by atoms with Crippen molar-refractivity contribution in [1.82, 2.24) is 0 Å². The first-order valence-electron chi connectivity index (χ1n) is 7.29. The van der Waals surface area contributed by atoms with Crippen LogP contribution in [0.5, 0.6) is 0 Å². The molecule has 0 saturated heterocycles. The van der Waals surface area contributed by atoms with Gasteiger partial charge in [0, 0.05) is 23.6 Å². The molecular formula is C15H20NO7P2+. The number of nitrogens with zero attached hydrogens (tertiary/aromatic N) is 1. The number of aliphatic hydroxyl groups is 1. The molecule has 0 aliphatic carbocycles. The Labute approximate surface area is 144 Å². The van der Waals surface area contributed by atoms with Crippen molar-refractivity contribution < 1.29 is 38.4 Å². The van der Waals surface area contributed by atoms with Gasteiger partial charge in [0.25, 0.3) is 5.08 Å². The van der Waals surface area contributed by atoms with Gasteiger partial charge in [-0.2, -0.15) is 0 Å². The Bertz CT molecular complexity index is 836. The molecule has 0 saturated carbocycles. The van der Waals surface area contributed by atoms with Gasteiger partial charge in [-0.25, -0.2) is 4.57 Å². The molecule has 136 valence electrons. The molecule has 5 N–H and O–H groups in total. The van der Waals surface area contributed by atoms with Crippen molar-refractivity contribution >= 4 is 15.2 Å². The molecule has 10 heteroatoms. The predicted octanol–water partition coefficient (Wildman–Crippen LogP) is 0.875. The highest BCUT2D eigenvalue weighted by Gasteiger charge is 2.59. The number of aryl methyl sites for hydroxylation is 1. The van der Waals surface area contributed by atoms with Crippen LogP contribution >= 0.6 is 15.2 Å².